The van der Waals surface area contributed by atoms with Crippen molar-refractivity contribution >= 4 is 0 Å². The van der Waals surface area contributed by atoms with Crippen molar-refractivity contribution in [2.45, 2.75) is 137 Å². The molecule has 0 radical (unpaired) electrons. The highest BCUT2D eigenvalue weighted by Crippen LogP contribution is 2.48. The van der Waals surface area contributed by atoms with Crippen LogP contribution in [0.15, 0.2) is 24.3 Å². The van der Waals surface area contributed by atoms with Crippen molar-refractivity contribution in [3.8, 4) is 11.5 Å². The van der Waals surface area contributed by atoms with Gasteiger partial charge in [-0.15, -0.1) is 0 Å². The van der Waals surface area contributed by atoms with Crippen LogP contribution in [0.2, 0.25) is 0 Å². The molecule has 0 bridgehead atoms. The number of ether oxygens (including phenoxy) is 2. The molecule has 0 N–H and O–H groups in total. The molecule has 0 spiro atoms. The highest BCUT2D eigenvalue weighted by Gasteiger charge is 2.33. The standard InChI is InChI=1S/C35H56O2/c1-16-33(8,9)25-20-27(31(37-15)29(22-25)35(12,13)18-3)23(4)26-19-24(32(5,6)7)21-28(30(26)36-14)34(10,11)17-2/h19-23H,16-18H2,1-15H3. The third-order valence-electron chi connectivity index (χ3n) is 9.33. The van der Waals surface area contributed by atoms with Gasteiger partial charge < -0.3 is 9.47 Å². The minimum Gasteiger partial charge on any atom is -0.496 e. The van der Waals surface area contributed by atoms with Crippen LogP contribution in [0.1, 0.15) is 149 Å². The summed E-state index contributed by atoms with van der Waals surface area (Å²) in [6, 6.07) is 9.60. The number of hydrogen-bond acceptors (Lipinski definition) is 2. The Morgan fingerprint density at radius 1 is 0.568 bits per heavy atom. The molecule has 1 atom stereocenters. The Labute approximate surface area is 229 Å². The Morgan fingerprint density at radius 3 is 1.24 bits per heavy atom. The third kappa shape index (κ3) is 6.21. The molecule has 0 aliphatic heterocycles. The van der Waals surface area contributed by atoms with E-state index in [1.165, 1.54) is 33.4 Å². The van der Waals surface area contributed by atoms with Crippen molar-refractivity contribution in [3.05, 3.63) is 57.6 Å². The van der Waals surface area contributed by atoms with E-state index < -0.39 is 0 Å². The van der Waals surface area contributed by atoms with Crippen LogP contribution in [0.5, 0.6) is 11.5 Å². The topological polar surface area (TPSA) is 18.5 Å². The average Bonchev–Trinajstić information content (AvgIpc) is 2.85. The first kappa shape index (κ1) is 31.3. The summed E-state index contributed by atoms with van der Waals surface area (Å²) in [5.41, 5.74) is 7.96. The molecule has 2 nitrogen and oxygen atoms in total. The molecule has 0 aliphatic carbocycles. The predicted molar refractivity (Wildman–Crippen MR) is 162 cm³/mol. The fourth-order valence-electron chi connectivity index (χ4n) is 4.98. The summed E-state index contributed by atoms with van der Waals surface area (Å²) >= 11 is 0. The van der Waals surface area contributed by atoms with Gasteiger partial charge in [-0.25, -0.2) is 0 Å². The summed E-state index contributed by atoms with van der Waals surface area (Å²) in [6.45, 7) is 30.1. The average molecular weight is 509 g/mol. The summed E-state index contributed by atoms with van der Waals surface area (Å²) in [4.78, 5) is 0. The summed E-state index contributed by atoms with van der Waals surface area (Å²) in [5.74, 6) is 2.15. The zero-order chi connectivity index (χ0) is 28.6. The summed E-state index contributed by atoms with van der Waals surface area (Å²) in [6.07, 6.45) is 3.17. The lowest BCUT2D eigenvalue weighted by Crippen LogP contribution is -2.23. The highest BCUT2D eigenvalue weighted by atomic mass is 16.5. The van der Waals surface area contributed by atoms with Gasteiger partial charge in [0.15, 0.2) is 0 Å². The van der Waals surface area contributed by atoms with E-state index in [0.717, 1.165) is 30.8 Å². The van der Waals surface area contributed by atoms with Crippen LogP contribution in [0.4, 0.5) is 0 Å². The van der Waals surface area contributed by atoms with E-state index in [1.807, 2.05) is 14.2 Å². The van der Waals surface area contributed by atoms with Crippen LogP contribution in [0, 0.1) is 0 Å². The van der Waals surface area contributed by atoms with E-state index in [-0.39, 0.29) is 27.6 Å². The van der Waals surface area contributed by atoms with Crippen LogP contribution >= 0.6 is 0 Å². The minimum absolute atomic E-state index is 0.00630. The molecule has 0 fully saturated rings. The van der Waals surface area contributed by atoms with E-state index in [9.17, 15) is 0 Å². The maximum atomic E-state index is 6.26. The minimum atomic E-state index is 0.00630. The maximum Gasteiger partial charge on any atom is 0.126 e. The number of methoxy groups -OCH3 is 2. The van der Waals surface area contributed by atoms with Crippen LogP contribution in [0.3, 0.4) is 0 Å². The molecule has 0 saturated carbocycles. The molecule has 2 heteroatoms. The second-order valence-electron chi connectivity index (χ2n) is 14.0. The van der Waals surface area contributed by atoms with Crippen molar-refractivity contribution < 1.29 is 9.47 Å². The van der Waals surface area contributed by atoms with Crippen molar-refractivity contribution in [2.24, 2.45) is 0 Å². The van der Waals surface area contributed by atoms with Gasteiger partial charge in [0, 0.05) is 28.2 Å². The highest BCUT2D eigenvalue weighted by molar-refractivity contribution is 5.58. The molecule has 2 rings (SSSR count). The van der Waals surface area contributed by atoms with Gasteiger partial charge in [0.2, 0.25) is 0 Å². The Balaban J connectivity index is 3.04. The van der Waals surface area contributed by atoms with Gasteiger partial charge in [-0.05, 0) is 52.0 Å². The number of benzene rings is 2. The lowest BCUT2D eigenvalue weighted by Gasteiger charge is -2.34. The molecule has 1 unspecified atom stereocenters. The number of rotatable bonds is 10. The third-order valence-corrected chi connectivity index (χ3v) is 9.33. The lowest BCUT2D eigenvalue weighted by atomic mass is 9.72. The molecule has 37 heavy (non-hydrogen) atoms. The van der Waals surface area contributed by atoms with E-state index >= 15 is 0 Å². The fourth-order valence-corrected chi connectivity index (χ4v) is 4.98. The van der Waals surface area contributed by atoms with Crippen LogP contribution < -0.4 is 9.47 Å². The first-order chi connectivity index (χ1) is 16.9. The van der Waals surface area contributed by atoms with E-state index in [0.29, 0.717) is 0 Å². The molecule has 208 valence electrons. The van der Waals surface area contributed by atoms with Crippen molar-refractivity contribution in [2.75, 3.05) is 14.2 Å². The van der Waals surface area contributed by atoms with Gasteiger partial charge in [-0.3, -0.25) is 0 Å². The van der Waals surface area contributed by atoms with Gasteiger partial charge in [-0.2, -0.15) is 0 Å². The normalized spacial score (nSPS) is 14.0. The molecule has 0 aromatic heterocycles. The summed E-state index contributed by atoms with van der Waals surface area (Å²) in [5, 5.41) is 0. The van der Waals surface area contributed by atoms with Gasteiger partial charge in [0.25, 0.3) is 0 Å². The van der Waals surface area contributed by atoms with E-state index in [1.54, 1.807) is 0 Å². The van der Waals surface area contributed by atoms with Gasteiger partial charge >= 0.3 is 0 Å². The molecule has 0 amide bonds. The Hall–Kier alpha value is -1.96. The van der Waals surface area contributed by atoms with Crippen LogP contribution in [-0.4, -0.2) is 14.2 Å². The molecule has 0 aliphatic rings. The van der Waals surface area contributed by atoms with E-state index in [2.05, 4.69) is 114 Å². The van der Waals surface area contributed by atoms with Crippen LogP contribution in [0.25, 0.3) is 0 Å². The Bertz CT molecular complexity index is 1080. The zero-order valence-corrected chi connectivity index (χ0v) is 26.8. The Morgan fingerprint density at radius 2 is 0.919 bits per heavy atom. The van der Waals surface area contributed by atoms with Crippen molar-refractivity contribution in [1.82, 2.24) is 0 Å². The van der Waals surface area contributed by atoms with Crippen molar-refractivity contribution in [1.29, 1.82) is 0 Å². The SMILES string of the molecule is CCC(C)(C)c1cc(C(C)c2cc(C(C)(C)C)cc(C(C)(C)CC)c2OC)c(OC)c(C(C)(C)CC)c1. The lowest BCUT2D eigenvalue weighted by molar-refractivity contribution is 0.375. The second-order valence-corrected chi connectivity index (χ2v) is 14.0. The summed E-state index contributed by atoms with van der Waals surface area (Å²) in [7, 11) is 3.66. The largest absolute Gasteiger partial charge is 0.496 e. The van der Waals surface area contributed by atoms with Gasteiger partial charge in [-0.1, -0.05) is 114 Å². The zero-order valence-electron chi connectivity index (χ0n) is 26.8. The predicted octanol–water partition coefficient (Wildman–Crippen LogP) is 10.2. The molecule has 2 aromatic carbocycles. The molecule has 0 saturated heterocycles. The number of hydrogen-bond donors (Lipinski definition) is 0. The monoisotopic (exact) mass is 508 g/mol. The van der Waals surface area contributed by atoms with Gasteiger partial charge in [0.05, 0.1) is 14.2 Å². The van der Waals surface area contributed by atoms with Crippen LogP contribution in [-0.2, 0) is 21.7 Å². The molecule has 0 heterocycles. The van der Waals surface area contributed by atoms with Crippen molar-refractivity contribution in [3.63, 3.8) is 0 Å². The molecule has 2 aromatic rings. The quantitative estimate of drug-likeness (QED) is 0.318. The van der Waals surface area contributed by atoms with E-state index in [4.69, 9.17) is 9.47 Å². The first-order valence-electron chi connectivity index (χ1n) is 14.4. The fraction of sp³-hybridized carbons (Fsp3) is 0.657. The summed E-state index contributed by atoms with van der Waals surface area (Å²) < 4.78 is 12.5. The molecular formula is C35H56O2. The molecular weight excluding hydrogens is 452 g/mol. The second kappa shape index (κ2) is 11.0. The first-order valence-corrected chi connectivity index (χ1v) is 14.4. The Kier molecular flexibility index (Phi) is 9.32. The maximum absolute atomic E-state index is 6.26. The van der Waals surface area contributed by atoms with Gasteiger partial charge in [0.1, 0.15) is 11.5 Å². The smallest absolute Gasteiger partial charge is 0.126 e.